The zero-order valence-corrected chi connectivity index (χ0v) is 17.1. The monoisotopic (exact) mass is 404 g/mol. The minimum atomic E-state index is 0.0189. The Labute approximate surface area is 165 Å². The number of rotatable bonds is 8. The minimum absolute atomic E-state index is 0.0189. The molecule has 26 heavy (non-hydrogen) atoms. The van der Waals surface area contributed by atoms with Crippen LogP contribution in [0.25, 0.3) is 0 Å². The number of nitrogens with one attached hydrogen (secondary N) is 2. The van der Waals surface area contributed by atoms with Crippen molar-refractivity contribution in [2.45, 2.75) is 24.6 Å². The molecule has 0 unspecified atom stereocenters. The van der Waals surface area contributed by atoms with Crippen LogP contribution in [0.4, 0.5) is 10.8 Å². The summed E-state index contributed by atoms with van der Waals surface area (Å²) in [6.07, 6.45) is 0.872. The number of aryl methyl sites for hydroxylation is 2. The smallest absolute Gasteiger partial charge is 0.230 e. The summed E-state index contributed by atoms with van der Waals surface area (Å²) in [6.45, 7) is 4.83. The molecule has 0 aliphatic heterocycles. The molecule has 136 valence electrons. The summed E-state index contributed by atoms with van der Waals surface area (Å²) in [7, 11) is 0. The van der Waals surface area contributed by atoms with Gasteiger partial charge in [0.1, 0.15) is 0 Å². The van der Waals surface area contributed by atoms with Gasteiger partial charge >= 0.3 is 0 Å². The van der Waals surface area contributed by atoms with Gasteiger partial charge in [-0.15, -0.1) is 21.5 Å². The summed E-state index contributed by atoms with van der Waals surface area (Å²) in [5.74, 6) is 0.369. The second-order valence-corrected chi connectivity index (χ2v) is 9.00. The van der Waals surface area contributed by atoms with Crippen LogP contribution in [0, 0.1) is 13.8 Å². The standard InChI is InChI=1S/C18H20N4OS3/c1-12-5-6-14(10-13(12)2)20-17-21-22-18(26-17)25-11-16(23)19-8-7-15-4-3-9-24-15/h3-6,9-10H,7-8,11H2,1-2H3,(H,19,23)(H,20,21). The fourth-order valence-corrected chi connectivity index (χ4v) is 4.53. The highest BCUT2D eigenvalue weighted by atomic mass is 32.2. The number of carbonyl (C=O) groups excluding carboxylic acids is 1. The number of aromatic nitrogens is 2. The lowest BCUT2D eigenvalue weighted by Gasteiger charge is -2.05. The molecule has 0 bridgehead atoms. The lowest BCUT2D eigenvalue weighted by atomic mass is 10.1. The molecule has 5 nitrogen and oxygen atoms in total. The van der Waals surface area contributed by atoms with Gasteiger partial charge in [-0.1, -0.05) is 35.2 Å². The van der Waals surface area contributed by atoms with Crippen LogP contribution in [0.15, 0.2) is 40.1 Å². The summed E-state index contributed by atoms with van der Waals surface area (Å²) >= 11 is 4.57. The first-order valence-corrected chi connectivity index (χ1v) is 10.9. The van der Waals surface area contributed by atoms with E-state index in [1.807, 2.05) is 17.5 Å². The van der Waals surface area contributed by atoms with Gasteiger partial charge in [-0.2, -0.15) is 0 Å². The van der Waals surface area contributed by atoms with Crippen LogP contribution in [0.5, 0.6) is 0 Å². The third-order valence-electron chi connectivity index (χ3n) is 3.77. The highest BCUT2D eigenvalue weighted by Crippen LogP contribution is 2.28. The third kappa shape index (κ3) is 5.55. The van der Waals surface area contributed by atoms with Gasteiger partial charge in [0.25, 0.3) is 0 Å². The number of benzene rings is 1. The normalized spacial score (nSPS) is 10.7. The summed E-state index contributed by atoms with van der Waals surface area (Å²) in [6, 6.07) is 10.3. The Kier molecular flexibility index (Phi) is 6.65. The van der Waals surface area contributed by atoms with E-state index in [0.717, 1.165) is 21.6 Å². The predicted octanol–water partition coefficient (Wildman–Crippen LogP) is 4.41. The lowest BCUT2D eigenvalue weighted by Crippen LogP contribution is -2.27. The van der Waals surface area contributed by atoms with E-state index >= 15 is 0 Å². The van der Waals surface area contributed by atoms with E-state index in [1.54, 1.807) is 11.3 Å². The van der Waals surface area contributed by atoms with Gasteiger partial charge in [0.05, 0.1) is 5.75 Å². The fraction of sp³-hybridized carbons (Fsp3) is 0.278. The first-order valence-electron chi connectivity index (χ1n) is 8.20. The Morgan fingerprint density at radius 3 is 2.85 bits per heavy atom. The van der Waals surface area contributed by atoms with Gasteiger partial charge < -0.3 is 10.6 Å². The average molecular weight is 405 g/mol. The van der Waals surface area contributed by atoms with Crippen molar-refractivity contribution in [2.75, 3.05) is 17.6 Å². The van der Waals surface area contributed by atoms with E-state index in [1.165, 1.54) is 39.1 Å². The molecule has 8 heteroatoms. The number of nitrogens with zero attached hydrogens (tertiary/aromatic N) is 2. The Morgan fingerprint density at radius 2 is 2.08 bits per heavy atom. The Bertz CT molecular complexity index is 861. The van der Waals surface area contributed by atoms with E-state index in [-0.39, 0.29) is 5.91 Å². The summed E-state index contributed by atoms with van der Waals surface area (Å²) < 4.78 is 0.782. The van der Waals surface area contributed by atoms with E-state index in [4.69, 9.17) is 0 Å². The van der Waals surface area contributed by atoms with Crippen molar-refractivity contribution in [3.63, 3.8) is 0 Å². The molecule has 0 atom stereocenters. The average Bonchev–Trinajstić information content (AvgIpc) is 3.28. The Hall–Kier alpha value is -1.90. The first kappa shape index (κ1) is 18.9. The van der Waals surface area contributed by atoms with Crippen molar-refractivity contribution in [3.8, 4) is 0 Å². The number of amides is 1. The van der Waals surface area contributed by atoms with Crippen molar-refractivity contribution in [1.29, 1.82) is 0 Å². The first-order chi connectivity index (χ1) is 12.6. The maximum atomic E-state index is 11.9. The van der Waals surface area contributed by atoms with E-state index in [9.17, 15) is 4.79 Å². The quantitative estimate of drug-likeness (QED) is 0.544. The zero-order chi connectivity index (χ0) is 18.4. The number of thioether (sulfide) groups is 1. The van der Waals surface area contributed by atoms with Crippen molar-refractivity contribution in [3.05, 3.63) is 51.7 Å². The second kappa shape index (κ2) is 9.16. The Balaban J connectivity index is 1.42. The van der Waals surface area contributed by atoms with Crippen molar-refractivity contribution >= 4 is 51.2 Å². The van der Waals surface area contributed by atoms with E-state index in [2.05, 4.69) is 52.9 Å². The molecule has 1 aromatic carbocycles. The van der Waals surface area contributed by atoms with Crippen molar-refractivity contribution < 1.29 is 4.79 Å². The van der Waals surface area contributed by atoms with Gasteiger partial charge in [0, 0.05) is 17.1 Å². The van der Waals surface area contributed by atoms with Crippen LogP contribution in [0.1, 0.15) is 16.0 Å². The molecule has 0 saturated heterocycles. The SMILES string of the molecule is Cc1ccc(Nc2nnc(SCC(=O)NCCc3cccs3)s2)cc1C. The molecule has 2 heterocycles. The number of carbonyl (C=O) groups is 1. The molecular weight excluding hydrogens is 384 g/mol. The van der Waals surface area contributed by atoms with Crippen LogP contribution in [0.2, 0.25) is 0 Å². The molecule has 0 fully saturated rings. The van der Waals surface area contributed by atoms with Gasteiger partial charge in [0.15, 0.2) is 4.34 Å². The molecule has 0 saturated carbocycles. The molecule has 3 aromatic rings. The third-order valence-corrected chi connectivity index (χ3v) is 6.67. The number of hydrogen-bond donors (Lipinski definition) is 2. The molecule has 0 aliphatic rings. The van der Waals surface area contributed by atoms with Gasteiger partial charge in [0.2, 0.25) is 11.0 Å². The maximum absolute atomic E-state index is 11.9. The van der Waals surface area contributed by atoms with E-state index in [0.29, 0.717) is 12.3 Å². The summed E-state index contributed by atoms with van der Waals surface area (Å²) in [5, 5.41) is 17.3. The maximum Gasteiger partial charge on any atom is 0.230 e. The topological polar surface area (TPSA) is 66.9 Å². The lowest BCUT2D eigenvalue weighted by molar-refractivity contribution is -0.118. The molecule has 2 aromatic heterocycles. The van der Waals surface area contributed by atoms with Gasteiger partial charge in [-0.3, -0.25) is 4.79 Å². The molecule has 0 aliphatic carbocycles. The fourth-order valence-electron chi connectivity index (χ4n) is 2.22. The predicted molar refractivity (Wildman–Crippen MR) is 111 cm³/mol. The van der Waals surface area contributed by atoms with E-state index < -0.39 is 0 Å². The Morgan fingerprint density at radius 1 is 1.19 bits per heavy atom. The molecule has 1 amide bonds. The molecular formula is C18H20N4OS3. The van der Waals surface area contributed by atoms with Crippen molar-refractivity contribution in [2.24, 2.45) is 0 Å². The van der Waals surface area contributed by atoms with Crippen LogP contribution >= 0.6 is 34.4 Å². The zero-order valence-electron chi connectivity index (χ0n) is 14.6. The molecule has 0 spiro atoms. The molecule has 2 N–H and O–H groups in total. The highest BCUT2D eigenvalue weighted by molar-refractivity contribution is 8.01. The summed E-state index contributed by atoms with van der Waals surface area (Å²) in [4.78, 5) is 13.2. The molecule has 0 radical (unpaired) electrons. The van der Waals surface area contributed by atoms with Crippen LogP contribution in [0.3, 0.4) is 0 Å². The highest BCUT2D eigenvalue weighted by Gasteiger charge is 2.09. The van der Waals surface area contributed by atoms with Crippen LogP contribution < -0.4 is 10.6 Å². The number of thiophene rings is 1. The van der Waals surface area contributed by atoms with Gasteiger partial charge in [-0.25, -0.2) is 0 Å². The van der Waals surface area contributed by atoms with Crippen molar-refractivity contribution in [1.82, 2.24) is 15.5 Å². The number of hydrogen-bond acceptors (Lipinski definition) is 7. The number of anilines is 2. The summed E-state index contributed by atoms with van der Waals surface area (Å²) in [5.41, 5.74) is 3.48. The largest absolute Gasteiger partial charge is 0.355 e. The van der Waals surface area contributed by atoms with Gasteiger partial charge in [-0.05, 0) is 55.0 Å². The minimum Gasteiger partial charge on any atom is -0.355 e. The van der Waals surface area contributed by atoms with Crippen LogP contribution in [-0.4, -0.2) is 28.4 Å². The second-order valence-electron chi connectivity index (χ2n) is 5.77. The molecule has 3 rings (SSSR count). The van der Waals surface area contributed by atoms with Crippen LogP contribution in [-0.2, 0) is 11.2 Å².